The number of hydrogen-bond acceptors (Lipinski definition) is 4. The average Bonchev–Trinajstić information content (AvgIpc) is 3.17. The van der Waals surface area contributed by atoms with Crippen LogP contribution in [-0.4, -0.2) is 40.9 Å². The van der Waals surface area contributed by atoms with Gasteiger partial charge in [0, 0.05) is 25.0 Å². The van der Waals surface area contributed by atoms with Gasteiger partial charge in [0.15, 0.2) is 5.11 Å². The molecule has 2 heterocycles. The predicted molar refractivity (Wildman–Crippen MR) is 107 cm³/mol. The molecule has 1 aromatic carbocycles. The van der Waals surface area contributed by atoms with E-state index in [2.05, 4.69) is 15.2 Å². The molecule has 1 unspecified atom stereocenters. The number of anilines is 1. The summed E-state index contributed by atoms with van der Waals surface area (Å²) < 4.78 is 11.3. The quantitative estimate of drug-likeness (QED) is 0.746. The Bertz CT molecular complexity index is 688. The highest BCUT2D eigenvalue weighted by atomic mass is 32.1. The van der Waals surface area contributed by atoms with Crippen LogP contribution >= 0.6 is 12.2 Å². The minimum Gasteiger partial charge on any atom is -0.494 e. The van der Waals surface area contributed by atoms with Gasteiger partial charge in [-0.25, -0.2) is 0 Å². The number of thiocarbonyl (C=S) groups is 1. The van der Waals surface area contributed by atoms with Crippen LogP contribution in [0.15, 0.2) is 48.7 Å². The van der Waals surface area contributed by atoms with Gasteiger partial charge in [-0.05, 0) is 68.4 Å². The summed E-state index contributed by atoms with van der Waals surface area (Å²) in [5.74, 6) is 0.855. The van der Waals surface area contributed by atoms with Crippen LogP contribution in [0.1, 0.15) is 25.5 Å². The molecule has 1 fully saturated rings. The summed E-state index contributed by atoms with van der Waals surface area (Å²) in [6.45, 7) is 4.89. The van der Waals surface area contributed by atoms with Crippen molar-refractivity contribution in [2.45, 2.75) is 32.4 Å². The van der Waals surface area contributed by atoms with Crippen LogP contribution < -0.4 is 10.1 Å². The number of aromatic nitrogens is 1. The third-order valence-corrected chi connectivity index (χ3v) is 4.59. The first-order valence-electron chi connectivity index (χ1n) is 9.05. The Kier molecular flexibility index (Phi) is 6.80. The highest BCUT2D eigenvalue weighted by Gasteiger charge is 2.21. The van der Waals surface area contributed by atoms with Crippen molar-refractivity contribution in [1.29, 1.82) is 0 Å². The fraction of sp³-hybridized carbons (Fsp3) is 0.400. The number of rotatable bonds is 7. The average molecular weight is 372 g/mol. The summed E-state index contributed by atoms with van der Waals surface area (Å²) in [4.78, 5) is 6.56. The molecule has 1 aliphatic heterocycles. The fourth-order valence-corrected chi connectivity index (χ4v) is 3.20. The fourth-order valence-electron chi connectivity index (χ4n) is 2.94. The Morgan fingerprint density at radius 1 is 1.31 bits per heavy atom. The Labute approximate surface area is 160 Å². The van der Waals surface area contributed by atoms with Crippen molar-refractivity contribution in [3.05, 3.63) is 54.4 Å². The summed E-state index contributed by atoms with van der Waals surface area (Å²) in [5.41, 5.74) is 1.93. The summed E-state index contributed by atoms with van der Waals surface area (Å²) >= 11 is 5.68. The summed E-state index contributed by atoms with van der Waals surface area (Å²) in [7, 11) is 0. The molecule has 2 aromatic rings. The zero-order valence-corrected chi connectivity index (χ0v) is 15.9. The molecule has 1 atom stereocenters. The van der Waals surface area contributed by atoms with Gasteiger partial charge in [0.1, 0.15) is 5.75 Å². The van der Waals surface area contributed by atoms with Gasteiger partial charge in [0.2, 0.25) is 0 Å². The first kappa shape index (κ1) is 18.6. The van der Waals surface area contributed by atoms with E-state index in [0.717, 1.165) is 43.1 Å². The number of ether oxygens (including phenoxy) is 2. The molecule has 1 aliphatic rings. The molecular weight excluding hydrogens is 346 g/mol. The number of hydrogen-bond donors (Lipinski definition) is 1. The van der Waals surface area contributed by atoms with E-state index in [0.29, 0.717) is 18.3 Å². The van der Waals surface area contributed by atoms with E-state index >= 15 is 0 Å². The van der Waals surface area contributed by atoms with Crippen LogP contribution in [0.25, 0.3) is 0 Å². The molecule has 5 nitrogen and oxygen atoms in total. The van der Waals surface area contributed by atoms with Gasteiger partial charge in [0.25, 0.3) is 0 Å². The number of benzene rings is 1. The van der Waals surface area contributed by atoms with Crippen LogP contribution in [-0.2, 0) is 11.3 Å². The van der Waals surface area contributed by atoms with E-state index in [4.69, 9.17) is 21.7 Å². The second-order valence-corrected chi connectivity index (χ2v) is 6.61. The lowest BCUT2D eigenvalue weighted by molar-refractivity contribution is 0.0903. The summed E-state index contributed by atoms with van der Waals surface area (Å²) in [5, 5.41) is 4.00. The van der Waals surface area contributed by atoms with Gasteiger partial charge in [-0.1, -0.05) is 6.07 Å². The summed E-state index contributed by atoms with van der Waals surface area (Å²) in [6.07, 6.45) is 4.22. The molecule has 0 aliphatic carbocycles. The van der Waals surface area contributed by atoms with Crippen molar-refractivity contribution < 1.29 is 9.47 Å². The van der Waals surface area contributed by atoms with Crippen LogP contribution in [0.2, 0.25) is 0 Å². The van der Waals surface area contributed by atoms with Crippen LogP contribution in [0.5, 0.6) is 5.75 Å². The lowest BCUT2D eigenvalue weighted by Gasteiger charge is -2.28. The lowest BCUT2D eigenvalue weighted by Crippen LogP contribution is -2.39. The molecule has 26 heavy (non-hydrogen) atoms. The van der Waals surface area contributed by atoms with Gasteiger partial charge in [-0.2, -0.15) is 0 Å². The van der Waals surface area contributed by atoms with Gasteiger partial charge >= 0.3 is 0 Å². The molecule has 0 spiro atoms. The van der Waals surface area contributed by atoms with Gasteiger partial charge in [0.05, 0.1) is 24.9 Å². The van der Waals surface area contributed by atoms with Gasteiger partial charge < -0.3 is 19.7 Å². The molecule has 138 valence electrons. The Balaban J connectivity index is 1.66. The minimum absolute atomic E-state index is 0.221. The molecule has 0 saturated carbocycles. The maximum absolute atomic E-state index is 5.80. The Morgan fingerprint density at radius 2 is 2.15 bits per heavy atom. The van der Waals surface area contributed by atoms with Crippen LogP contribution in [0.4, 0.5) is 5.69 Å². The first-order valence-corrected chi connectivity index (χ1v) is 9.45. The minimum atomic E-state index is 0.221. The molecule has 0 amide bonds. The Morgan fingerprint density at radius 3 is 2.81 bits per heavy atom. The van der Waals surface area contributed by atoms with Crippen molar-refractivity contribution in [2.75, 3.05) is 25.1 Å². The van der Waals surface area contributed by atoms with E-state index in [9.17, 15) is 0 Å². The van der Waals surface area contributed by atoms with Crippen molar-refractivity contribution in [2.24, 2.45) is 0 Å². The van der Waals surface area contributed by atoms with Crippen molar-refractivity contribution in [1.82, 2.24) is 9.88 Å². The summed E-state index contributed by atoms with van der Waals surface area (Å²) in [6, 6.07) is 13.8. The maximum atomic E-state index is 5.80. The molecular formula is C20H25N3O2S. The molecule has 6 heteroatoms. The molecule has 0 radical (unpaired) electrons. The highest BCUT2D eigenvalue weighted by molar-refractivity contribution is 7.80. The second-order valence-electron chi connectivity index (χ2n) is 6.22. The topological polar surface area (TPSA) is 46.6 Å². The monoisotopic (exact) mass is 371 g/mol. The van der Waals surface area contributed by atoms with E-state index < -0.39 is 0 Å². The van der Waals surface area contributed by atoms with E-state index in [-0.39, 0.29) is 6.10 Å². The van der Waals surface area contributed by atoms with Crippen LogP contribution in [0.3, 0.4) is 0 Å². The number of nitrogens with zero attached hydrogens (tertiary/aromatic N) is 2. The van der Waals surface area contributed by atoms with Crippen molar-refractivity contribution in [3.8, 4) is 5.75 Å². The predicted octanol–water partition coefficient (Wildman–Crippen LogP) is 3.86. The zero-order valence-electron chi connectivity index (χ0n) is 15.1. The molecule has 3 rings (SSSR count). The SMILES string of the molecule is CCOc1ccc(NC(=S)N(Cc2ccccn2)CC2CCCO2)cc1. The van der Waals surface area contributed by atoms with Gasteiger partial charge in [-0.15, -0.1) is 0 Å². The molecule has 0 bridgehead atoms. The lowest BCUT2D eigenvalue weighted by atomic mass is 10.2. The highest BCUT2D eigenvalue weighted by Crippen LogP contribution is 2.18. The third-order valence-electron chi connectivity index (χ3n) is 4.23. The largest absolute Gasteiger partial charge is 0.494 e. The van der Waals surface area contributed by atoms with E-state index in [1.54, 1.807) is 0 Å². The second kappa shape index (κ2) is 9.50. The first-order chi connectivity index (χ1) is 12.7. The van der Waals surface area contributed by atoms with Crippen molar-refractivity contribution >= 4 is 23.0 Å². The molecule has 1 N–H and O–H groups in total. The van der Waals surface area contributed by atoms with E-state index in [1.807, 2.05) is 55.6 Å². The maximum Gasteiger partial charge on any atom is 0.173 e. The Hall–Kier alpha value is -2.18. The number of nitrogens with one attached hydrogen (secondary N) is 1. The normalized spacial score (nSPS) is 16.3. The number of pyridine rings is 1. The smallest absolute Gasteiger partial charge is 0.173 e. The molecule has 1 aromatic heterocycles. The van der Waals surface area contributed by atoms with Crippen molar-refractivity contribution in [3.63, 3.8) is 0 Å². The molecule has 1 saturated heterocycles. The zero-order chi connectivity index (χ0) is 18.2. The third kappa shape index (κ3) is 5.41. The standard InChI is InChI=1S/C20H25N3O2S/c1-2-24-18-10-8-16(9-11-18)22-20(26)23(15-19-7-5-13-25-19)14-17-6-3-4-12-21-17/h3-4,6,8-12,19H,2,5,7,13-15H2,1H3,(H,22,26). The van der Waals surface area contributed by atoms with Crippen LogP contribution in [0, 0.1) is 0 Å². The van der Waals surface area contributed by atoms with Gasteiger partial charge in [-0.3, -0.25) is 4.98 Å². The van der Waals surface area contributed by atoms with E-state index in [1.165, 1.54) is 0 Å².